The molecule has 0 saturated heterocycles. The zero-order valence-electron chi connectivity index (χ0n) is 5.92. The second kappa shape index (κ2) is 6.16. The maximum absolute atomic E-state index is 10.5. The van der Waals surface area contributed by atoms with E-state index < -0.39 is 12.1 Å². The fourth-order valence-electron chi connectivity index (χ4n) is 0.331. The van der Waals surface area contributed by atoms with E-state index in [0.717, 1.165) is 0 Å². The first-order chi connectivity index (χ1) is 4.04. The molecular formula is C6H13NaO3. The summed E-state index contributed by atoms with van der Waals surface area (Å²) in [6.07, 6.45) is -1.15. The van der Waals surface area contributed by atoms with Crippen LogP contribution >= 0.6 is 0 Å². The summed E-state index contributed by atoms with van der Waals surface area (Å²) >= 11 is 0. The quantitative estimate of drug-likeness (QED) is 0.440. The first kappa shape index (κ1) is 13.1. The summed E-state index contributed by atoms with van der Waals surface area (Å²) in [5.41, 5.74) is 0. The molecule has 1 unspecified atom stereocenters. The molecule has 0 fully saturated rings. The molecule has 0 aromatic carbocycles. The summed E-state index contributed by atoms with van der Waals surface area (Å²) < 4.78 is 4.62. The Balaban J connectivity index is 0. The Hall–Kier alpha value is 0.430. The van der Waals surface area contributed by atoms with Crippen LogP contribution in [0.25, 0.3) is 0 Å². The van der Waals surface area contributed by atoms with Gasteiger partial charge in [-0.15, -0.1) is 0 Å². The van der Waals surface area contributed by atoms with Crippen LogP contribution in [0.4, 0.5) is 0 Å². The van der Waals surface area contributed by atoms with Gasteiger partial charge in [-0.25, -0.2) is 4.79 Å². The van der Waals surface area contributed by atoms with Gasteiger partial charge in [-0.3, -0.25) is 0 Å². The van der Waals surface area contributed by atoms with Gasteiger partial charge in [-0.05, 0) is 20.8 Å². The molecule has 10 heavy (non-hydrogen) atoms. The third kappa shape index (κ3) is 6.55. The molecular weight excluding hydrogens is 143 g/mol. The SMILES string of the molecule is CC(C)OC(=O)C(C)O.[NaH]. The monoisotopic (exact) mass is 156 g/mol. The van der Waals surface area contributed by atoms with Crippen molar-refractivity contribution in [1.82, 2.24) is 0 Å². The van der Waals surface area contributed by atoms with E-state index in [0.29, 0.717) is 0 Å². The Labute approximate surface area is 83.0 Å². The fourth-order valence-corrected chi connectivity index (χ4v) is 0.331. The Morgan fingerprint density at radius 3 is 1.90 bits per heavy atom. The zero-order chi connectivity index (χ0) is 7.44. The van der Waals surface area contributed by atoms with E-state index in [9.17, 15) is 4.79 Å². The molecule has 0 aromatic heterocycles. The van der Waals surface area contributed by atoms with Crippen LogP contribution in [0.5, 0.6) is 0 Å². The number of esters is 1. The predicted octanol–water partition coefficient (Wildman–Crippen LogP) is -0.330. The molecule has 56 valence electrons. The molecule has 0 heterocycles. The normalized spacial score (nSPS) is 12.1. The first-order valence-corrected chi connectivity index (χ1v) is 2.92. The number of carbonyl (C=O) groups is 1. The minimum atomic E-state index is -1.01. The molecule has 0 aliphatic heterocycles. The Morgan fingerprint density at radius 1 is 1.40 bits per heavy atom. The van der Waals surface area contributed by atoms with Gasteiger partial charge >= 0.3 is 35.5 Å². The van der Waals surface area contributed by atoms with Crippen molar-refractivity contribution in [3.8, 4) is 0 Å². The number of aliphatic hydroxyl groups excluding tert-OH is 1. The molecule has 1 atom stereocenters. The van der Waals surface area contributed by atoms with E-state index in [1.54, 1.807) is 13.8 Å². The molecule has 0 amide bonds. The standard InChI is InChI=1S/C6H12O3.Na.H/c1-4(2)9-6(8)5(3)7;;/h4-5,7H,1-3H3;;. The van der Waals surface area contributed by atoms with Crippen LogP contribution in [0.3, 0.4) is 0 Å². The van der Waals surface area contributed by atoms with Crippen molar-refractivity contribution in [1.29, 1.82) is 0 Å². The number of hydrogen-bond acceptors (Lipinski definition) is 3. The van der Waals surface area contributed by atoms with Crippen LogP contribution in [-0.2, 0) is 9.53 Å². The van der Waals surface area contributed by atoms with Crippen LogP contribution < -0.4 is 0 Å². The van der Waals surface area contributed by atoms with Crippen molar-refractivity contribution in [3.05, 3.63) is 0 Å². The molecule has 0 rings (SSSR count). The Morgan fingerprint density at radius 2 is 1.80 bits per heavy atom. The van der Waals surface area contributed by atoms with E-state index in [4.69, 9.17) is 5.11 Å². The maximum atomic E-state index is 10.5. The van der Waals surface area contributed by atoms with Gasteiger partial charge in [-0.1, -0.05) is 0 Å². The minimum absolute atomic E-state index is 0. The van der Waals surface area contributed by atoms with E-state index in [2.05, 4.69) is 4.74 Å². The van der Waals surface area contributed by atoms with Gasteiger partial charge in [0, 0.05) is 0 Å². The number of aliphatic hydroxyl groups is 1. The zero-order valence-corrected chi connectivity index (χ0v) is 5.92. The van der Waals surface area contributed by atoms with Crippen molar-refractivity contribution < 1.29 is 14.6 Å². The number of carbonyl (C=O) groups excluding carboxylic acids is 1. The van der Waals surface area contributed by atoms with E-state index >= 15 is 0 Å². The summed E-state index contributed by atoms with van der Waals surface area (Å²) in [4.78, 5) is 10.5. The van der Waals surface area contributed by atoms with Gasteiger partial charge in [-0.2, -0.15) is 0 Å². The average Bonchev–Trinajstić information content (AvgIpc) is 1.63. The fraction of sp³-hybridized carbons (Fsp3) is 0.833. The van der Waals surface area contributed by atoms with Gasteiger partial charge in [0.2, 0.25) is 0 Å². The van der Waals surface area contributed by atoms with Crippen molar-refractivity contribution in [2.45, 2.75) is 33.0 Å². The molecule has 4 heteroatoms. The molecule has 0 aliphatic carbocycles. The average molecular weight is 156 g/mol. The summed E-state index contributed by atoms with van der Waals surface area (Å²) in [6.45, 7) is 4.85. The van der Waals surface area contributed by atoms with Crippen molar-refractivity contribution in [2.75, 3.05) is 0 Å². The molecule has 0 saturated carbocycles. The van der Waals surface area contributed by atoms with Crippen LogP contribution in [0.1, 0.15) is 20.8 Å². The van der Waals surface area contributed by atoms with Gasteiger partial charge in [0.05, 0.1) is 6.10 Å². The summed E-state index contributed by atoms with van der Waals surface area (Å²) in [6, 6.07) is 0. The van der Waals surface area contributed by atoms with E-state index in [1.807, 2.05) is 0 Å². The first-order valence-electron chi connectivity index (χ1n) is 2.92. The summed E-state index contributed by atoms with van der Waals surface area (Å²) in [5.74, 6) is -0.565. The third-order valence-electron chi connectivity index (χ3n) is 0.693. The Bertz CT molecular complexity index is 101. The van der Waals surface area contributed by atoms with Gasteiger partial charge in [0.1, 0.15) is 6.10 Å². The van der Waals surface area contributed by atoms with Crippen LogP contribution in [0, 0.1) is 0 Å². The molecule has 0 spiro atoms. The van der Waals surface area contributed by atoms with Crippen molar-refractivity contribution in [3.63, 3.8) is 0 Å². The number of ether oxygens (including phenoxy) is 1. The third-order valence-corrected chi connectivity index (χ3v) is 0.693. The van der Waals surface area contributed by atoms with Gasteiger partial charge in [0.15, 0.2) is 0 Å². The summed E-state index contributed by atoms with van der Waals surface area (Å²) in [7, 11) is 0. The molecule has 0 radical (unpaired) electrons. The van der Waals surface area contributed by atoms with E-state index in [-0.39, 0.29) is 35.7 Å². The molecule has 0 bridgehead atoms. The molecule has 0 aliphatic rings. The Kier molecular flexibility index (Phi) is 8.04. The molecule has 3 nitrogen and oxygen atoms in total. The van der Waals surface area contributed by atoms with Gasteiger partial charge in [0.25, 0.3) is 0 Å². The predicted molar refractivity (Wildman–Crippen MR) is 40.1 cm³/mol. The summed E-state index contributed by atoms with van der Waals surface area (Å²) in [5, 5.41) is 8.60. The van der Waals surface area contributed by atoms with Crippen molar-refractivity contribution >= 4 is 35.5 Å². The molecule has 1 N–H and O–H groups in total. The topological polar surface area (TPSA) is 46.5 Å². The van der Waals surface area contributed by atoms with Crippen LogP contribution in [-0.4, -0.2) is 52.8 Å². The van der Waals surface area contributed by atoms with Gasteiger partial charge < -0.3 is 9.84 Å². The number of hydrogen-bond donors (Lipinski definition) is 1. The second-order valence-electron chi connectivity index (χ2n) is 2.16. The number of rotatable bonds is 2. The van der Waals surface area contributed by atoms with Crippen molar-refractivity contribution in [2.24, 2.45) is 0 Å². The van der Waals surface area contributed by atoms with E-state index in [1.165, 1.54) is 6.92 Å². The molecule has 0 aromatic rings. The second-order valence-corrected chi connectivity index (χ2v) is 2.16. The van der Waals surface area contributed by atoms with Crippen LogP contribution in [0.15, 0.2) is 0 Å². The van der Waals surface area contributed by atoms with Crippen LogP contribution in [0.2, 0.25) is 0 Å².